The van der Waals surface area contributed by atoms with E-state index < -0.39 is 0 Å². The Balaban J connectivity index is 1.55. The third-order valence-electron chi connectivity index (χ3n) is 6.00. The van der Waals surface area contributed by atoms with Gasteiger partial charge < -0.3 is 9.80 Å². The Hall–Kier alpha value is -1.84. The van der Waals surface area contributed by atoms with Gasteiger partial charge in [0.15, 0.2) is 0 Å². The van der Waals surface area contributed by atoms with Gasteiger partial charge in [0.05, 0.1) is 0 Å². The molecule has 1 saturated heterocycles. The molecule has 0 bridgehead atoms. The minimum atomic E-state index is 0.224. The van der Waals surface area contributed by atoms with Crippen LogP contribution in [0.4, 0.5) is 0 Å². The molecule has 2 aliphatic rings. The van der Waals surface area contributed by atoms with Crippen LogP contribution in [-0.2, 0) is 16.0 Å². The van der Waals surface area contributed by atoms with E-state index in [1.807, 2.05) is 36.0 Å². The van der Waals surface area contributed by atoms with Crippen LogP contribution < -0.4 is 0 Å². The fourth-order valence-corrected chi connectivity index (χ4v) is 4.32. The Morgan fingerprint density at radius 2 is 1.96 bits per heavy atom. The van der Waals surface area contributed by atoms with E-state index in [1.165, 1.54) is 11.1 Å². The highest BCUT2D eigenvalue weighted by Crippen LogP contribution is 2.40. The lowest BCUT2D eigenvalue weighted by Gasteiger charge is -2.31. The van der Waals surface area contributed by atoms with Crippen molar-refractivity contribution in [3.63, 3.8) is 0 Å². The summed E-state index contributed by atoms with van der Waals surface area (Å²) in [6.45, 7) is 2.95. The quantitative estimate of drug-likeness (QED) is 0.852. The van der Waals surface area contributed by atoms with E-state index >= 15 is 0 Å². The molecule has 1 aliphatic heterocycles. The van der Waals surface area contributed by atoms with Crippen molar-refractivity contribution in [3.8, 4) is 0 Å². The van der Waals surface area contributed by atoms with Crippen LogP contribution in [-0.4, -0.2) is 48.3 Å². The maximum absolute atomic E-state index is 12.6. The fraction of sp³-hybridized carbons (Fsp3) is 0.600. The number of hydrogen-bond acceptors (Lipinski definition) is 2. The third kappa shape index (κ3) is 3.47. The summed E-state index contributed by atoms with van der Waals surface area (Å²) >= 11 is 0. The lowest BCUT2D eigenvalue weighted by Crippen LogP contribution is -2.39. The van der Waals surface area contributed by atoms with E-state index in [0.29, 0.717) is 30.7 Å². The SMILES string of the molecule is Cc1ccccc1CCC(=O)N(C)[C@@H]1C[C@@H]2CC(=O)N(C)C[C@@H]2C1. The van der Waals surface area contributed by atoms with E-state index in [1.54, 1.807) is 0 Å². The predicted molar refractivity (Wildman–Crippen MR) is 94.5 cm³/mol. The van der Waals surface area contributed by atoms with Gasteiger partial charge in [0, 0.05) is 39.5 Å². The first kappa shape index (κ1) is 17.0. The number of rotatable bonds is 4. The first-order chi connectivity index (χ1) is 11.5. The Bertz CT molecular complexity index is 628. The maximum Gasteiger partial charge on any atom is 0.222 e. The summed E-state index contributed by atoms with van der Waals surface area (Å²) in [6, 6.07) is 8.56. The Morgan fingerprint density at radius 1 is 1.25 bits per heavy atom. The number of benzene rings is 1. The zero-order valence-electron chi connectivity index (χ0n) is 15.0. The van der Waals surface area contributed by atoms with Crippen molar-refractivity contribution in [2.45, 2.75) is 45.1 Å². The summed E-state index contributed by atoms with van der Waals surface area (Å²) in [5, 5.41) is 0. The van der Waals surface area contributed by atoms with E-state index in [9.17, 15) is 9.59 Å². The number of amides is 2. The molecule has 24 heavy (non-hydrogen) atoms. The fourth-order valence-electron chi connectivity index (χ4n) is 4.32. The second kappa shape index (κ2) is 6.96. The lowest BCUT2D eigenvalue weighted by atomic mass is 9.88. The summed E-state index contributed by atoms with van der Waals surface area (Å²) < 4.78 is 0. The molecule has 0 unspecified atom stereocenters. The molecule has 0 aromatic heterocycles. The van der Waals surface area contributed by atoms with Crippen LogP contribution in [0.25, 0.3) is 0 Å². The van der Waals surface area contributed by atoms with Crippen LogP contribution in [0, 0.1) is 18.8 Å². The van der Waals surface area contributed by atoms with Crippen LogP contribution in [0.5, 0.6) is 0 Å². The number of piperidine rings is 1. The molecule has 0 spiro atoms. The smallest absolute Gasteiger partial charge is 0.222 e. The monoisotopic (exact) mass is 328 g/mol. The molecule has 3 atom stereocenters. The Kier molecular flexibility index (Phi) is 4.93. The first-order valence-electron chi connectivity index (χ1n) is 9.00. The zero-order valence-corrected chi connectivity index (χ0v) is 15.0. The van der Waals surface area contributed by atoms with Crippen molar-refractivity contribution in [2.75, 3.05) is 20.6 Å². The minimum absolute atomic E-state index is 0.224. The molecule has 1 saturated carbocycles. The van der Waals surface area contributed by atoms with E-state index in [4.69, 9.17) is 0 Å². The van der Waals surface area contributed by atoms with E-state index in [0.717, 1.165) is 25.8 Å². The van der Waals surface area contributed by atoms with Crippen molar-refractivity contribution in [3.05, 3.63) is 35.4 Å². The van der Waals surface area contributed by atoms with Gasteiger partial charge in [-0.25, -0.2) is 0 Å². The normalized spacial score (nSPS) is 26.4. The topological polar surface area (TPSA) is 40.6 Å². The largest absolute Gasteiger partial charge is 0.345 e. The summed E-state index contributed by atoms with van der Waals surface area (Å²) in [4.78, 5) is 28.3. The molecule has 4 nitrogen and oxygen atoms in total. The van der Waals surface area contributed by atoms with Crippen molar-refractivity contribution < 1.29 is 9.59 Å². The van der Waals surface area contributed by atoms with Gasteiger partial charge in [-0.05, 0) is 49.1 Å². The predicted octanol–water partition coefficient (Wildman–Crippen LogP) is 2.64. The maximum atomic E-state index is 12.6. The van der Waals surface area contributed by atoms with Gasteiger partial charge in [-0.15, -0.1) is 0 Å². The van der Waals surface area contributed by atoms with Crippen LogP contribution >= 0.6 is 0 Å². The van der Waals surface area contributed by atoms with Gasteiger partial charge >= 0.3 is 0 Å². The number of likely N-dealkylation sites (tertiary alicyclic amines) is 1. The number of fused-ring (bicyclic) bond motifs is 1. The number of aryl methyl sites for hydroxylation is 2. The lowest BCUT2D eigenvalue weighted by molar-refractivity contribution is -0.135. The summed E-state index contributed by atoms with van der Waals surface area (Å²) in [5.74, 6) is 1.50. The van der Waals surface area contributed by atoms with E-state index in [-0.39, 0.29) is 11.8 Å². The highest BCUT2D eigenvalue weighted by Gasteiger charge is 2.42. The zero-order chi connectivity index (χ0) is 17.3. The van der Waals surface area contributed by atoms with Crippen LogP contribution in [0.15, 0.2) is 24.3 Å². The average Bonchev–Trinajstić information content (AvgIpc) is 2.96. The number of hydrogen-bond donors (Lipinski definition) is 0. The van der Waals surface area contributed by atoms with Crippen molar-refractivity contribution in [1.82, 2.24) is 9.80 Å². The Labute approximate surface area is 144 Å². The highest BCUT2D eigenvalue weighted by atomic mass is 16.2. The molecule has 1 aromatic carbocycles. The van der Waals surface area contributed by atoms with Crippen molar-refractivity contribution >= 4 is 11.8 Å². The van der Waals surface area contributed by atoms with Gasteiger partial charge in [0.25, 0.3) is 0 Å². The molecule has 1 heterocycles. The second-order valence-electron chi connectivity index (χ2n) is 7.55. The molecular formula is C20H28N2O2. The molecule has 0 N–H and O–H groups in total. The van der Waals surface area contributed by atoms with Crippen LogP contribution in [0.2, 0.25) is 0 Å². The summed E-state index contributed by atoms with van der Waals surface area (Å²) in [6.07, 6.45) is 4.04. The van der Waals surface area contributed by atoms with Gasteiger partial charge in [-0.2, -0.15) is 0 Å². The number of carbonyl (C=O) groups excluding carboxylic acids is 2. The van der Waals surface area contributed by atoms with Crippen LogP contribution in [0.3, 0.4) is 0 Å². The molecule has 0 radical (unpaired) electrons. The average molecular weight is 328 g/mol. The highest BCUT2D eigenvalue weighted by molar-refractivity contribution is 5.78. The van der Waals surface area contributed by atoms with Crippen LogP contribution in [0.1, 0.15) is 36.8 Å². The van der Waals surface area contributed by atoms with Gasteiger partial charge in [-0.1, -0.05) is 24.3 Å². The second-order valence-corrected chi connectivity index (χ2v) is 7.55. The Morgan fingerprint density at radius 3 is 2.71 bits per heavy atom. The molecule has 4 heteroatoms. The molecule has 130 valence electrons. The van der Waals surface area contributed by atoms with Crippen molar-refractivity contribution in [2.24, 2.45) is 11.8 Å². The molecular weight excluding hydrogens is 300 g/mol. The molecule has 2 amide bonds. The summed E-state index contributed by atoms with van der Waals surface area (Å²) in [5.41, 5.74) is 2.51. The van der Waals surface area contributed by atoms with Crippen molar-refractivity contribution in [1.29, 1.82) is 0 Å². The molecule has 3 rings (SSSR count). The minimum Gasteiger partial charge on any atom is -0.345 e. The van der Waals surface area contributed by atoms with Gasteiger partial charge in [-0.3, -0.25) is 9.59 Å². The van der Waals surface area contributed by atoms with Gasteiger partial charge in [0.2, 0.25) is 11.8 Å². The molecule has 1 aliphatic carbocycles. The van der Waals surface area contributed by atoms with E-state index in [2.05, 4.69) is 19.1 Å². The number of nitrogens with zero attached hydrogens (tertiary/aromatic N) is 2. The molecule has 2 fully saturated rings. The third-order valence-corrected chi connectivity index (χ3v) is 6.00. The summed E-state index contributed by atoms with van der Waals surface area (Å²) in [7, 11) is 3.83. The standard InChI is InChI=1S/C20H28N2O2/c1-14-6-4-5-7-15(14)8-9-19(23)22(3)18-10-16-12-20(24)21(2)13-17(16)11-18/h4-7,16-18H,8-13H2,1-3H3/t16-,17+,18-/m1/s1. The number of carbonyl (C=O) groups is 2. The molecule has 1 aromatic rings. The first-order valence-corrected chi connectivity index (χ1v) is 9.00. The van der Waals surface area contributed by atoms with Gasteiger partial charge in [0.1, 0.15) is 0 Å².